The highest BCUT2D eigenvalue weighted by molar-refractivity contribution is 5.76. The highest BCUT2D eigenvalue weighted by Gasteiger charge is 2.19. The van der Waals surface area contributed by atoms with E-state index < -0.39 is 12.1 Å². The molecule has 0 aliphatic rings. The summed E-state index contributed by atoms with van der Waals surface area (Å²) in [5, 5.41) is 22.9. The van der Waals surface area contributed by atoms with Crippen LogP contribution in [0.25, 0.3) is 0 Å². The van der Waals surface area contributed by atoms with Crippen molar-refractivity contribution in [2.24, 2.45) is 0 Å². The van der Waals surface area contributed by atoms with Crippen LogP contribution in [0.1, 0.15) is 174 Å². The van der Waals surface area contributed by atoms with Gasteiger partial charge < -0.3 is 15.5 Å². The van der Waals surface area contributed by atoms with Crippen molar-refractivity contribution in [3.05, 3.63) is 12.2 Å². The second kappa shape index (κ2) is 29.7. The molecule has 0 aliphatic heterocycles. The molecule has 0 heterocycles. The van der Waals surface area contributed by atoms with Crippen LogP contribution in [0.2, 0.25) is 0 Å². The molecule has 2 atom stereocenters. The number of aliphatic hydroxyl groups excluding tert-OH is 2. The van der Waals surface area contributed by atoms with Crippen LogP contribution in [0.5, 0.6) is 0 Å². The third-order valence-electron chi connectivity index (χ3n) is 7.53. The molecule has 0 bridgehead atoms. The van der Waals surface area contributed by atoms with Gasteiger partial charge in [0.1, 0.15) is 0 Å². The van der Waals surface area contributed by atoms with E-state index in [9.17, 15) is 15.0 Å². The zero-order valence-corrected chi connectivity index (χ0v) is 25.0. The molecule has 0 aromatic carbocycles. The number of amides is 1. The Balaban J connectivity index is 3.63. The Morgan fingerprint density at radius 3 is 1.49 bits per heavy atom. The number of hydrogen-bond acceptors (Lipinski definition) is 3. The van der Waals surface area contributed by atoms with Crippen LogP contribution in [0.3, 0.4) is 0 Å². The molecule has 3 N–H and O–H groups in total. The summed E-state index contributed by atoms with van der Waals surface area (Å²) in [4.78, 5) is 12.2. The first-order valence-corrected chi connectivity index (χ1v) is 16.4. The van der Waals surface area contributed by atoms with Gasteiger partial charge in [0, 0.05) is 6.42 Å². The maximum atomic E-state index is 12.2. The fourth-order valence-electron chi connectivity index (χ4n) is 4.94. The standard InChI is InChI=1S/C33H65NO3/c1-3-5-7-9-11-13-15-17-18-20-22-24-26-28-32(36)31(30-35)34-33(37)29-27-25-23-21-19-16-14-12-10-8-6-4-2/h18,20,31-32,35-36H,3-17,19,21-30H2,1-2H3,(H,34,37)/b20-18+/t31-,32+/m0/s1. The molecule has 0 saturated carbocycles. The van der Waals surface area contributed by atoms with Crippen molar-refractivity contribution in [1.82, 2.24) is 5.32 Å². The molecule has 4 heteroatoms. The summed E-state index contributed by atoms with van der Waals surface area (Å²) >= 11 is 0. The Morgan fingerprint density at radius 2 is 1.03 bits per heavy atom. The third kappa shape index (κ3) is 26.5. The van der Waals surface area contributed by atoms with Crippen molar-refractivity contribution in [2.45, 2.75) is 187 Å². The molecule has 0 aromatic rings. The predicted molar refractivity (Wildman–Crippen MR) is 161 cm³/mol. The van der Waals surface area contributed by atoms with Crippen LogP contribution in [0.15, 0.2) is 12.2 Å². The summed E-state index contributed by atoms with van der Waals surface area (Å²) in [5.74, 6) is -0.0431. The van der Waals surface area contributed by atoms with E-state index in [0.717, 1.165) is 32.1 Å². The van der Waals surface area contributed by atoms with Gasteiger partial charge in [0.15, 0.2) is 0 Å². The van der Waals surface area contributed by atoms with Gasteiger partial charge in [-0.05, 0) is 38.5 Å². The predicted octanol–water partition coefficient (Wildman–Crippen LogP) is 9.17. The van der Waals surface area contributed by atoms with Crippen LogP contribution in [-0.4, -0.2) is 34.9 Å². The van der Waals surface area contributed by atoms with Crippen molar-refractivity contribution < 1.29 is 15.0 Å². The molecule has 0 rings (SSSR count). The lowest BCUT2D eigenvalue weighted by Crippen LogP contribution is -2.45. The number of carbonyl (C=O) groups excluding carboxylic acids is 1. The molecule has 220 valence electrons. The minimum absolute atomic E-state index is 0.0431. The van der Waals surface area contributed by atoms with E-state index in [1.54, 1.807) is 0 Å². The molecule has 0 aromatic heterocycles. The topological polar surface area (TPSA) is 69.6 Å². The molecule has 0 unspecified atom stereocenters. The third-order valence-corrected chi connectivity index (χ3v) is 7.53. The first kappa shape index (κ1) is 36.1. The Morgan fingerprint density at radius 1 is 0.622 bits per heavy atom. The lowest BCUT2D eigenvalue weighted by atomic mass is 10.0. The van der Waals surface area contributed by atoms with E-state index in [-0.39, 0.29) is 12.5 Å². The van der Waals surface area contributed by atoms with Gasteiger partial charge in [-0.3, -0.25) is 4.79 Å². The van der Waals surface area contributed by atoms with Gasteiger partial charge in [-0.15, -0.1) is 0 Å². The molecule has 0 fully saturated rings. The Labute approximate surface area is 231 Å². The Bertz CT molecular complexity index is 494. The van der Waals surface area contributed by atoms with E-state index in [1.165, 1.54) is 116 Å². The fraction of sp³-hybridized carbons (Fsp3) is 0.909. The van der Waals surface area contributed by atoms with Gasteiger partial charge in [-0.25, -0.2) is 0 Å². The number of carbonyl (C=O) groups is 1. The fourth-order valence-corrected chi connectivity index (χ4v) is 4.94. The molecule has 37 heavy (non-hydrogen) atoms. The number of hydrogen-bond donors (Lipinski definition) is 3. The molecule has 0 spiro atoms. The minimum Gasteiger partial charge on any atom is -0.394 e. The smallest absolute Gasteiger partial charge is 0.220 e. The molecule has 0 radical (unpaired) electrons. The molecule has 1 amide bonds. The minimum atomic E-state index is -0.674. The molecular weight excluding hydrogens is 458 g/mol. The average molecular weight is 524 g/mol. The van der Waals surface area contributed by atoms with Gasteiger partial charge in [0.2, 0.25) is 5.91 Å². The Hall–Kier alpha value is -0.870. The van der Waals surface area contributed by atoms with Crippen LogP contribution in [0.4, 0.5) is 0 Å². The summed E-state index contributed by atoms with van der Waals surface area (Å²) in [7, 11) is 0. The lowest BCUT2D eigenvalue weighted by Gasteiger charge is -2.22. The zero-order chi connectivity index (χ0) is 27.2. The quantitative estimate of drug-likeness (QED) is 0.0676. The van der Waals surface area contributed by atoms with Gasteiger partial charge >= 0.3 is 0 Å². The average Bonchev–Trinajstić information content (AvgIpc) is 2.90. The van der Waals surface area contributed by atoms with E-state index in [4.69, 9.17) is 0 Å². The van der Waals surface area contributed by atoms with Crippen LogP contribution in [0, 0.1) is 0 Å². The second-order valence-electron chi connectivity index (χ2n) is 11.2. The summed E-state index contributed by atoms with van der Waals surface area (Å²) < 4.78 is 0. The SMILES string of the molecule is CCCCCCCCC/C=C/CCCC[C@@H](O)[C@H](CO)NC(=O)CCCCCCCCCCCCCC. The molecule has 4 nitrogen and oxygen atoms in total. The van der Waals surface area contributed by atoms with E-state index in [1.807, 2.05) is 0 Å². The highest BCUT2D eigenvalue weighted by atomic mass is 16.3. The van der Waals surface area contributed by atoms with Crippen LogP contribution >= 0.6 is 0 Å². The van der Waals surface area contributed by atoms with Gasteiger partial charge in [-0.2, -0.15) is 0 Å². The van der Waals surface area contributed by atoms with Crippen molar-refractivity contribution >= 4 is 5.91 Å². The number of aliphatic hydroxyl groups is 2. The van der Waals surface area contributed by atoms with Crippen molar-refractivity contribution in [3.8, 4) is 0 Å². The monoisotopic (exact) mass is 523 g/mol. The van der Waals surface area contributed by atoms with Crippen molar-refractivity contribution in [1.29, 1.82) is 0 Å². The largest absolute Gasteiger partial charge is 0.394 e. The van der Waals surface area contributed by atoms with Crippen molar-refractivity contribution in [3.63, 3.8) is 0 Å². The maximum absolute atomic E-state index is 12.2. The first-order valence-electron chi connectivity index (χ1n) is 16.4. The summed E-state index contributed by atoms with van der Waals surface area (Å²) in [5.41, 5.74) is 0. The Kier molecular flexibility index (Phi) is 29.0. The number of allylic oxidation sites excluding steroid dienone is 2. The number of unbranched alkanes of at least 4 members (excludes halogenated alkanes) is 20. The summed E-state index contributed by atoms with van der Waals surface area (Å²) in [6.45, 7) is 4.32. The van der Waals surface area contributed by atoms with Gasteiger partial charge in [0.05, 0.1) is 18.8 Å². The zero-order valence-electron chi connectivity index (χ0n) is 25.0. The molecule has 0 saturated heterocycles. The van der Waals surface area contributed by atoms with E-state index in [2.05, 4.69) is 31.3 Å². The highest BCUT2D eigenvalue weighted by Crippen LogP contribution is 2.13. The second-order valence-corrected chi connectivity index (χ2v) is 11.2. The lowest BCUT2D eigenvalue weighted by molar-refractivity contribution is -0.123. The van der Waals surface area contributed by atoms with Crippen LogP contribution < -0.4 is 5.32 Å². The number of nitrogens with one attached hydrogen (secondary N) is 1. The van der Waals surface area contributed by atoms with E-state index in [0.29, 0.717) is 12.8 Å². The van der Waals surface area contributed by atoms with Crippen molar-refractivity contribution in [2.75, 3.05) is 6.61 Å². The normalized spacial score (nSPS) is 13.3. The van der Waals surface area contributed by atoms with E-state index >= 15 is 0 Å². The van der Waals surface area contributed by atoms with Crippen LogP contribution in [-0.2, 0) is 4.79 Å². The van der Waals surface area contributed by atoms with Gasteiger partial charge in [0.25, 0.3) is 0 Å². The molecular formula is C33H65NO3. The molecule has 0 aliphatic carbocycles. The maximum Gasteiger partial charge on any atom is 0.220 e. The summed E-state index contributed by atoms with van der Waals surface area (Å²) in [6, 6.07) is -0.544. The number of rotatable bonds is 29. The summed E-state index contributed by atoms with van der Waals surface area (Å²) in [6.07, 6.45) is 34.0. The first-order chi connectivity index (χ1) is 18.2. The van der Waals surface area contributed by atoms with Gasteiger partial charge in [-0.1, -0.05) is 142 Å².